The van der Waals surface area contributed by atoms with Gasteiger partial charge in [-0.05, 0) is 32.6 Å². The quantitative estimate of drug-likeness (QED) is 0.835. The maximum Gasteiger partial charge on any atom is 0.280 e. The highest BCUT2D eigenvalue weighted by molar-refractivity contribution is 7.87. The number of hydrogen-bond donors (Lipinski definition) is 2. The predicted octanol–water partition coefficient (Wildman–Crippen LogP) is 1.16. The van der Waals surface area contributed by atoms with Crippen LogP contribution in [0.25, 0.3) is 0 Å². The van der Waals surface area contributed by atoms with Crippen molar-refractivity contribution in [3.63, 3.8) is 0 Å². The summed E-state index contributed by atoms with van der Waals surface area (Å²) in [5.41, 5.74) is 0. The lowest BCUT2D eigenvalue weighted by molar-refractivity contribution is -0.119. The molecule has 1 aliphatic heterocycles. The van der Waals surface area contributed by atoms with E-state index in [-0.39, 0.29) is 11.9 Å². The topological polar surface area (TPSA) is 105 Å². The first-order valence-electron chi connectivity index (χ1n) is 7.99. The van der Waals surface area contributed by atoms with Gasteiger partial charge < -0.3 is 9.84 Å². The van der Waals surface area contributed by atoms with Gasteiger partial charge in [-0.2, -0.15) is 17.4 Å². The van der Waals surface area contributed by atoms with Gasteiger partial charge >= 0.3 is 0 Å². The highest BCUT2D eigenvalue weighted by Crippen LogP contribution is 2.24. The van der Waals surface area contributed by atoms with Gasteiger partial charge in [-0.3, -0.25) is 4.79 Å². The first-order valence-corrected chi connectivity index (χ1v) is 9.43. The van der Waals surface area contributed by atoms with Gasteiger partial charge in [0.25, 0.3) is 10.2 Å². The van der Waals surface area contributed by atoms with E-state index in [0.717, 1.165) is 25.7 Å². The van der Waals surface area contributed by atoms with E-state index < -0.39 is 16.3 Å². The average Bonchev–Trinajstić information content (AvgIpc) is 3.19. The van der Waals surface area contributed by atoms with Crippen LogP contribution in [0.1, 0.15) is 44.3 Å². The van der Waals surface area contributed by atoms with Crippen LogP contribution in [0.5, 0.6) is 0 Å². The summed E-state index contributed by atoms with van der Waals surface area (Å²) in [6, 6.07) is 0.885. The molecule has 2 fully saturated rings. The van der Waals surface area contributed by atoms with E-state index in [2.05, 4.69) is 15.2 Å². The highest BCUT2D eigenvalue weighted by atomic mass is 32.2. The molecular formula is C14H22N4O4S. The summed E-state index contributed by atoms with van der Waals surface area (Å²) in [6.07, 6.45) is 4.99. The van der Waals surface area contributed by atoms with Gasteiger partial charge in [0.15, 0.2) is 5.82 Å². The molecule has 8 nitrogen and oxygen atoms in total. The Kier molecular flexibility index (Phi) is 4.69. The van der Waals surface area contributed by atoms with Crippen LogP contribution in [0, 0.1) is 6.92 Å². The average molecular weight is 342 g/mol. The highest BCUT2D eigenvalue weighted by Gasteiger charge is 2.40. The number of nitrogens with one attached hydrogen (secondary N) is 2. The van der Waals surface area contributed by atoms with Crippen molar-refractivity contribution < 1.29 is 17.7 Å². The lowest BCUT2D eigenvalue weighted by atomic mass is 10.2. The van der Waals surface area contributed by atoms with E-state index in [1.807, 2.05) is 0 Å². The lowest BCUT2D eigenvalue weighted by Crippen LogP contribution is -2.50. The largest absolute Gasteiger partial charge is 0.360 e. The van der Waals surface area contributed by atoms with E-state index in [4.69, 9.17) is 4.52 Å². The molecule has 0 bridgehead atoms. The molecule has 1 aromatic heterocycles. The van der Waals surface area contributed by atoms with Gasteiger partial charge in [-0.1, -0.05) is 18.0 Å². The van der Waals surface area contributed by atoms with Gasteiger partial charge in [0, 0.05) is 18.7 Å². The molecule has 2 aliphatic rings. The van der Waals surface area contributed by atoms with Crippen LogP contribution >= 0.6 is 0 Å². The number of aromatic nitrogens is 1. The number of carbonyl (C=O) groups excluding carboxylic acids is 1. The van der Waals surface area contributed by atoms with E-state index in [0.29, 0.717) is 31.0 Å². The van der Waals surface area contributed by atoms with Gasteiger partial charge in [-0.25, -0.2) is 0 Å². The first-order chi connectivity index (χ1) is 11.0. The third-order valence-corrected chi connectivity index (χ3v) is 6.05. The molecule has 1 saturated carbocycles. The second-order valence-electron chi connectivity index (χ2n) is 6.19. The summed E-state index contributed by atoms with van der Waals surface area (Å²) < 4.78 is 34.0. The Bertz CT molecular complexity index is 666. The van der Waals surface area contributed by atoms with E-state index in [1.165, 1.54) is 4.31 Å². The third-order valence-electron chi connectivity index (χ3n) is 4.37. The molecule has 9 heteroatoms. The third kappa shape index (κ3) is 3.73. The molecule has 1 saturated heterocycles. The molecule has 1 aliphatic carbocycles. The molecule has 1 unspecified atom stereocenters. The Hall–Kier alpha value is -1.45. The molecule has 23 heavy (non-hydrogen) atoms. The van der Waals surface area contributed by atoms with Crippen molar-refractivity contribution >= 4 is 21.9 Å². The summed E-state index contributed by atoms with van der Waals surface area (Å²) in [6.45, 7) is 2.08. The smallest absolute Gasteiger partial charge is 0.280 e. The van der Waals surface area contributed by atoms with Gasteiger partial charge in [-0.15, -0.1) is 0 Å². The number of rotatable bonds is 5. The normalized spacial score (nSPS) is 23.4. The van der Waals surface area contributed by atoms with Crippen molar-refractivity contribution in [2.75, 3.05) is 11.9 Å². The fourth-order valence-electron chi connectivity index (χ4n) is 3.25. The SMILES string of the molecule is Cc1cc(NC(=O)C2CCCN2S(=O)(=O)NC2CCCC2)no1. The molecule has 2 heterocycles. The summed E-state index contributed by atoms with van der Waals surface area (Å²) in [4.78, 5) is 12.4. The summed E-state index contributed by atoms with van der Waals surface area (Å²) in [7, 11) is -3.65. The molecular weight excluding hydrogens is 320 g/mol. The van der Waals surface area contributed by atoms with Crippen molar-refractivity contribution in [1.82, 2.24) is 14.2 Å². The predicted molar refractivity (Wildman–Crippen MR) is 83.9 cm³/mol. The molecule has 2 N–H and O–H groups in total. The van der Waals surface area contributed by atoms with Crippen LogP contribution in [-0.2, 0) is 15.0 Å². The molecule has 0 spiro atoms. The Morgan fingerprint density at radius 2 is 2.04 bits per heavy atom. The standard InChI is InChI=1S/C14H22N4O4S/c1-10-9-13(16-22-10)15-14(19)12-7-4-8-18(12)23(20,21)17-11-5-2-3-6-11/h9,11-12,17H,2-8H2,1H3,(H,15,16,19). The van der Waals surface area contributed by atoms with Crippen LogP contribution in [0.4, 0.5) is 5.82 Å². The van der Waals surface area contributed by atoms with Crippen LogP contribution in [0.15, 0.2) is 10.6 Å². The van der Waals surface area contributed by atoms with E-state index in [1.54, 1.807) is 13.0 Å². The zero-order valence-corrected chi connectivity index (χ0v) is 13.9. The second-order valence-corrected chi connectivity index (χ2v) is 7.84. The van der Waals surface area contributed by atoms with Crippen LogP contribution in [0.3, 0.4) is 0 Å². The van der Waals surface area contributed by atoms with Crippen molar-refractivity contribution in [3.8, 4) is 0 Å². The fourth-order valence-corrected chi connectivity index (χ4v) is 4.94. The van der Waals surface area contributed by atoms with E-state index in [9.17, 15) is 13.2 Å². The Balaban J connectivity index is 1.67. The number of carbonyl (C=O) groups is 1. The monoisotopic (exact) mass is 342 g/mol. The zero-order valence-electron chi connectivity index (χ0n) is 13.1. The molecule has 128 valence electrons. The number of aryl methyl sites for hydroxylation is 1. The number of nitrogens with zero attached hydrogens (tertiary/aromatic N) is 2. The van der Waals surface area contributed by atoms with E-state index >= 15 is 0 Å². The molecule has 3 rings (SSSR count). The molecule has 0 radical (unpaired) electrons. The molecule has 1 amide bonds. The van der Waals surface area contributed by atoms with Gasteiger partial charge in [0.05, 0.1) is 0 Å². The van der Waals surface area contributed by atoms with Crippen molar-refractivity contribution in [3.05, 3.63) is 11.8 Å². The Labute approximate surface area is 135 Å². The van der Waals surface area contributed by atoms with Gasteiger partial charge in [0.2, 0.25) is 5.91 Å². The lowest BCUT2D eigenvalue weighted by Gasteiger charge is -2.25. The molecule has 1 aromatic rings. The molecule has 1 atom stereocenters. The summed E-state index contributed by atoms with van der Waals surface area (Å²) in [5, 5.41) is 6.33. The summed E-state index contributed by atoms with van der Waals surface area (Å²) in [5.74, 6) is 0.521. The first kappa shape index (κ1) is 16.4. The number of anilines is 1. The minimum Gasteiger partial charge on any atom is -0.360 e. The number of amides is 1. The van der Waals surface area contributed by atoms with Crippen molar-refractivity contribution in [2.24, 2.45) is 0 Å². The Morgan fingerprint density at radius 3 is 2.70 bits per heavy atom. The van der Waals surface area contributed by atoms with Crippen LogP contribution < -0.4 is 10.0 Å². The maximum absolute atomic E-state index is 12.6. The minimum absolute atomic E-state index is 0.0116. The summed E-state index contributed by atoms with van der Waals surface area (Å²) >= 11 is 0. The number of hydrogen-bond acceptors (Lipinski definition) is 5. The van der Waals surface area contributed by atoms with Gasteiger partial charge in [0.1, 0.15) is 11.8 Å². The maximum atomic E-state index is 12.6. The van der Waals surface area contributed by atoms with Crippen LogP contribution in [-0.4, -0.2) is 42.4 Å². The van der Waals surface area contributed by atoms with Crippen LogP contribution in [0.2, 0.25) is 0 Å². The van der Waals surface area contributed by atoms with Crippen molar-refractivity contribution in [1.29, 1.82) is 0 Å². The second kappa shape index (κ2) is 6.58. The van der Waals surface area contributed by atoms with Crippen molar-refractivity contribution in [2.45, 2.75) is 57.5 Å². The zero-order chi connectivity index (χ0) is 16.4. The minimum atomic E-state index is -3.65. The molecule has 0 aromatic carbocycles. The Morgan fingerprint density at radius 1 is 1.30 bits per heavy atom. The fraction of sp³-hybridized carbons (Fsp3) is 0.714.